The molecule has 6 aromatic rings. The average molecular weight is 693 g/mol. The zero-order valence-electron chi connectivity index (χ0n) is 31.3. The topological polar surface area (TPSA) is 67.6 Å². The van der Waals surface area contributed by atoms with E-state index in [2.05, 4.69) is 150 Å². The normalized spacial score (nSPS) is 13.4. The maximum atomic E-state index is 6.49. The molecule has 0 saturated heterocycles. The quantitative estimate of drug-likeness (QED) is 0.0494. The molecular weight excluding hydrogens is 645 g/mol. The molecule has 4 nitrogen and oxygen atoms in total. The van der Waals surface area contributed by atoms with Crippen LogP contribution in [0.15, 0.2) is 168 Å². The molecule has 0 amide bonds. The molecule has 264 valence electrons. The maximum Gasteiger partial charge on any atom is 0.0804 e. The Kier molecular flexibility index (Phi) is 11.6. The van der Waals surface area contributed by atoms with E-state index in [0.717, 1.165) is 57.0 Å². The van der Waals surface area contributed by atoms with E-state index < -0.39 is 0 Å². The average Bonchev–Trinajstić information content (AvgIpc) is 3.22. The van der Waals surface area contributed by atoms with Crippen molar-refractivity contribution in [3.63, 3.8) is 0 Å². The zero-order chi connectivity index (χ0) is 37.3. The summed E-state index contributed by atoms with van der Waals surface area (Å²) in [6.45, 7) is 10.8. The monoisotopic (exact) mass is 692 g/mol. The van der Waals surface area contributed by atoms with Crippen LogP contribution in [0.4, 0.5) is 17.1 Å². The van der Waals surface area contributed by atoms with E-state index in [0.29, 0.717) is 5.69 Å². The zero-order valence-corrected chi connectivity index (χ0v) is 31.3. The van der Waals surface area contributed by atoms with Gasteiger partial charge in [0.05, 0.1) is 22.8 Å². The molecule has 0 bridgehead atoms. The number of aliphatic imine (C=N–C) groups is 1. The minimum Gasteiger partial charge on any atom is -0.397 e. The lowest BCUT2D eigenvalue weighted by molar-refractivity contribution is 1.09. The van der Waals surface area contributed by atoms with Gasteiger partial charge in [0.15, 0.2) is 0 Å². The molecule has 0 aliphatic rings. The Labute approximate surface area is 314 Å². The third-order valence-electron chi connectivity index (χ3n) is 9.88. The Bertz CT molecular complexity index is 2400. The largest absolute Gasteiger partial charge is 0.397 e. The number of nitrogens with zero attached hydrogens (tertiary/aromatic N) is 2. The summed E-state index contributed by atoms with van der Waals surface area (Å²) in [7, 11) is 0. The first kappa shape index (κ1) is 36.6. The Morgan fingerprint density at radius 2 is 1.25 bits per heavy atom. The van der Waals surface area contributed by atoms with Crippen LogP contribution in [0.1, 0.15) is 63.3 Å². The third-order valence-corrected chi connectivity index (χ3v) is 9.88. The van der Waals surface area contributed by atoms with Gasteiger partial charge in [0.25, 0.3) is 0 Å². The van der Waals surface area contributed by atoms with Gasteiger partial charge in [0, 0.05) is 11.3 Å². The van der Waals surface area contributed by atoms with E-state index in [9.17, 15) is 0 Å². The standard InChI is InChI=1S/C49H48N4/c1-6-34(3)45(33-47(42-19-12-9-13-20-42)52-36(5)39-17-10-8-11-18-39)41-27-25-40(26-28-41)44-22-16-21-37(7-2)49(44)35(4)38-29-31-43(32-30-38)53(51)48-24-15-14-23-46(48)50/h7-33H,6,50-51H2,1-5H3/b37-7-,45-34+,47-33-,49-35-,52-36?. The fraction of sp³-hybridized carbons (Fsp3) is 0.122. The highest BCUT2D eigenvalue weighted by Gasteiger charge is 2.12. The van der Waals surface area contributed by atoms with E-state index in [1.165, 1.54) is 32.7 Å². The van der Waals surface area contributed by atoms with E-state index in [4.69, 9.17) is 16.6 Å². The number of benzene rings is 6. The lowest BCUT2D eigenvalue weighted by Crippen LogP contribution is -2.29. The van der Waals surface area contributed by atoms with Gasteiger partial charge in [-0.25, -0.2) is 5.84 Å². The maximum absolute atomic E-state index is 6.49. The van der Waals surface area contributed by atoms with Crippen molar-refractivity contribution in [2.75, 3.05) is 10.7 Å². The smallest absolute Gasteiger partial charge is 0.0804 e. The molecule has 0 fully saturated rings. The fourth-order valence-electron chi connectivity index (χ4n) is 6.66. The van der Waals surface area contributed by atoms with E-state index in [1.54, 1.807) is 5.01 Å². The Morgan fingerprint density at radius 3 is 1.87 bits per heavy atom. The van der Waals surface area contributed by atoms with Gasteiger partial charge in [-0.2, -0.15) is 0 Å². The van der Waals surface area contributed by atoms with Crippen molar-refractivity contribution in [1.82, 2.24) is 0 Å². The van der Waals surface area contributed by atoms with Crippen LogP contribution in [0.2, 0.25) is 0 Å². The van der Waals surface area contributed by atoms with Crippen molar-refractivity contribution >= 4 is 45.7 Å². The lowest BCUT2D eigenvalue weighted by Gasteiger charge is -2.21. The predicted octanol–water partition coefficient (Wildman–Crippen LogP) is 10.7. The van der Waals surface area contributed by atoms with Crippen molar-refractivity contribution in [1.29, 1.82) is 0 Å². The van der Waals surface area contributed by atoms with E-state index in [-0.39, 0.29) is 0 Å². The second-order valence-corrected chi connectivity index (χ2v) is 13.2. The van der Waals surface area contributed by atoms with E-state index >= 15 is 0 Å². The minimum atomic E-state index is 0.636. The first-order chi connectivity index (χ1) is 25.8. The molecule has 0 unspecified atom stereocenters. The summed E-state index contributed by atoms with van der Waals surface area (Å²) in [4.78, 5) is 5.20. The molecule has 53 heavy (non-hydrogen) atoms. The number of allylic oxidation sites excluding steroid dienone is 3. The van der Waals surface area contributed by atoms with Crippen LogP contribution in [0.5, 0.6) is 0 Å². The second-order valence-electron chi connectivity index (χ2n) is 13.2. The van der Waals surface area contributed by atoms with Crippen molar-refractivity contribution < 1.29 is 0 Å². The summed E-state index contributed by atoms with van der Waals surface area (Å²) >= 11 is 0. The summed E-state index contributed by atoms with van der Waals surface area (Å²) in [6, 6.07) is 52.3. The number of nitrogen functional groups attached to an aromatic ring is 1. The van der Waals surface area contributed by atoms with E-state index in [1.807, 2.05) is 48.5 Å². The van der Waals surface area contributed by atoms with Gasteiger partial charge in [-0.15, -0.1) is 0 Å². The minimum absolute atomic E-state index is 0.636. The molecule has 0 aliphatic heterocycles. The number of hydrogen-bond donors (Lipinski definition) is 2. The highest BCUT2D eigenvalue weighted by atomic mass is 15.4. The second kappa shape index (κ2) is 16.9. The molecule has 0 saturated carbocycles. The van der Waals surface area contributed by atoms with Crippen LogP contribution in [0, 0.1) is 0 Å². The molecule has 0 spiro atoms. The molecule has 6 rings (SSSR count). The summed E-state index contributed by atoms with van der Waals surface area (Å²) in [6.07, 6.45) is 5.37. The van der Waals surface area contributed by atoms with Crippen molar-refractivity contribution in [2.24, 2.45) is 10.8 Å². The van der Waals surface area contributed by atoms with Gasteiger partial charge in [-0.3, -0.25) is 10.0 Å². The van der Waals surface area contributed by atoms with Gasteiger partial charge in [-0.1, -0.05) is 146 Å². The van der Waals surface area contributed by atoms with Crippen LogP contribution >= 0.6 is 0 Å². The predicted molar refractivity (Wildman–Crippen MR) is 229 cm³/mol. The summed E-state index contributed by atoms with van der Waals surface area (Å²) in [5, 5.41) is 4.03. The summed E-state index contributed by atoms with van der Waals surface area (Å²) in [5.74, 6) is 6.49. The number of hydrogen-bond acceptors (Lipinski definition) is 4. The van der Waals surface area contributed by atoms with Crippen LogP contribution in [-0.4, -0.2) is 5.71 Å². The van der Waals surface area contributed by atoms with Gasteiger partial charge in [0.2, 0.25) is 0 Å². The van der Waals surface area contributed by atoms with Gasteiger partial charge in [-0.05, 0) is 114 Å². The van der Waals surface area contributed by atoms with Gasteiger partial charge >= 0.3 is 0 Å². The fourth-order valence-corrected chi connectivity index (χ4v) is 6.66. The number of rotatable bonds is 10. The van der Waals surface area contributed by atoms with Crippen LogP contribution in [-0.2, 0) is 0 Å². The lowest BCUT2D eigenvalue weighted by atomic mass is 9.92. The molecule has 4 heteroatoms. The molecule has 0 atom stereocenters. The van der Waals surface area contributed by atoms with Crippen LogP contribution < -0.4 is 27.0 Å². The number of hydrazine groups is 1. The van der Waals surface area contributed by atoms with Gasteiger partial charge in [0.1, 0.15) is 0 Å². The van der Waals surface area contributed by atoms with Gasteiger partial charge < -0.3 is 5.73 Å². The Balaban J connectivity index is 1.40. The number of para-hydroxylation sites is 2. The molecule has 4 N–H and O–H groups in total. The molecule has 0 aliphatic carbocycles. The Morgan fingerprint density at radius 1 is 0.642 bits per heavy atom. The molecular formula is C49H48N4. The van der Waals surface area contributed by atoms with Crippen LogP contribution in [0.25, 0.3) is 34.0 Å². The number of anilines is 3. The first-order valence-electron chi connectivity index (χ1n) is 18.2. The SMILES string of the molecule is C/C=c1/cccc(-c2ccc(C(/C=C(\N=C(C)c3ccccc3)c3ccccc3)=C(\C)CC)cc2)/c1=C(/C)c1ccc(N(N)c2ccccc2N)cc1. The third kappa shape index (κ3) is 8.30. The number of nitrogens with two attached hydrogens (primary N) is 2. The summed E-state index contributed by atoms with van der Waals surface area (Å²) in [5.41, 5.74) is 20.9. The molecule has 0 aromatic heterocycles. The van der Waals surface area contributed by atoms with Crippen molar-refractivity contribution in [2.45, 2.75) is 41.0 Å². The first-order valence-corrected chi connectivity index (χ1v) is 18.2. The Hall–Kier alpha value is -6.23. The summed E-state index contributed by atoms with van der Waals surface area (Å²) < 4.78 is 0. The highest BCUT2D eigenvalue weighted by molar-refractivity contribution is 6.02. The molecule has 6 aromatic carbocycles. The molecule has 0 radical (unpaired) electrons. The van der Waals surface area contributed by atoms with Crippen molar-refractivity contribution in [3.8, 4) is 11.1 Å². The highest BCUT2D eigenvalue weighted by Crippen LogP contribution is 2.31. The molecule has 0 heterocycles. The van der Waals surface area contributed by atoms with Crippen LogP contribution in [0.3, 0.4) is 0 Å². The van der Waals surface area contributed by atoms with Crippen molar-refractivity contribution in [3.05, 3.63) is 196 Å².